The molecule has 12 atom stereocenters. The molecule has 139 heavy (non-hydrogen) atoms. The fraction of sp³-hybridized carbons (Fsp3) is 0.402. The van der Waals surface area contributed by atoms with E-state index < -0.39 is 179 Å². The number of ether oxygens (including phenoxy) is 5. The Bertz CT molecular complexity index is 5100. The van der Waals surface area contributed by atoms with Crippen LogP contribution < -0.4 is 92.4 Å². The highest BCUT2D eigenvalue weighted by Crippen LogP contribution is 2.46. The first-order valence-electron chi connectivity index (χ1n) is 44.1. The van der Waals surface area contributed by atoms with Gasteiger partial charge in [-0.25, -0.2) is 24.0 Å². The first kappa shape index (κ1) is 119. The van der Waals surface area contributed by atoms with E-state index >= 15 is 0 Å². The molecule has 0 saturated carbocycles. The lowest BCUT2D eigenvalue weighted by Gasteiger charge is -2.36. The SMILES string of the molecule is CC(N)C(=O)NC(C)C(N)=O.CC(NC(=O)C(C)NC(=O)C(CCO)NC(=O)OCC1c2ccccc2-c2ccccc21)C(N)=O.CC(NC(=O)C(C)NC(=O)C(CCOC(c1ccccc1)(c1ccccc1)c1ccccc1)NC(=O)OCC1c2ccccc2-c2ccccc21)C(N)=O.CC(NC(=O)C(C)NC(=O)OC(C)(C)C)C(N)=O.CC(NC(=O)OC(C)(C)C)C(=O)O.CC(NCl)C(N)=O.Cl. The number of carboxylic acids is 1. The molecule has 42 heteroatoms. The molecule has 9 rings (SSSR count). The molecular weight excluding hydrogens is 1840 g/mol. The molecular formula is C97H131Cl2N17O23. The predicted molar refractivity (Wildman–Crippen MR) is 522 cm³/mol. The van der Waals surface area contributed by atoms with Crippen LogP contribution in [0.5, 0.6) is 0 Å². The molecule has 40 nitrogen and oxygen atoms in total. The second-order valence-electron chi connectivity index (χ2n) is 34.1. The molecule has 0 bridgehead atoms. The number of rotatable bonds is 36. The van der Waals surface area contributed by atoms with Crippen LogP contribution in [0.2, 0.25) is 0 Å². The number of nitrogens with one attached hydrogen (secondary N) is 11. The molecule has 0 radical (unpaired) electrons. The standard InChI is InChI=1S/C44H44N4O6.C25H30N4O6.C11H21N3O4.C8H15NO4.C6H13N3O2.C3H7ClN2O.ClH/c1-29(40(45)49)46-41(50)30(2)47-42(51)39(48-43(52)53-28-38-36-24-14-12-22-34(36)35-23-13-15-25-37(35)38)26-27-54-44(31-16-6-3-7-17-31,32-18-8-4-9-19-32)33-20-10-5-11-21-33;1-14(22(26)31)27-23(32)15(2)28-24(33)21(11-12-30)29-25(34)35-13-20-18-9-5-3-7-16(18)17-8-4-6-10-19(17)20;1-6(8(12)15)13-9(16)7(2)14-10(17)18-11(3,4)5;1-5(6(10)11)9-7(12)13-8(2,3)4;1-3(7)6(11)9-4(2)5(8)10;1-2(6-4)3(5)7;/h3-25,29-30,38-39H,26-28H2,1-2H3,(H2,45,49)(H,46,50)(H,47,51)(H,48,52);3-10,14-15,20-21,30H,11-13H2,1-2H3,(H2,26,31)(H,27,32)(H,28,33)(H,29,34);6-7H,1-5H3,(H2,12,15)(H,13,16)(H,14,17);5H,1-4H3,(H,9,12)(H,10,11);3-4H,7H2,1-2H3,(H2,8,10)(H,9,11);2,6H,1H3,(H2,5,7);1H. The summed E-state index contributed by atoms with van der Waals surface area (Å²) in [6.45, 7) is 24.7. The van der Waals surface area contributed by atoms with Crippen molar-refractivity contribution in [2.75, 3.05) is 26.4 Å². The molecule has 7 aromatic carbocycles. The highest BCUT2D eigenvalue weighted by Gasteiger charge is 2.40. The van der Waals surface area contributed by atoms with Crippen molar-refractivity contribution in [3.05, 3.63) is 227 Å². The van der Waals surface area contributed by atoms with E-state index in [0.717, 1.165) is 61.2 Å². The molecule has 756 valence electrons. The number of fused-ring (bicyclic) bond motifs is 6. The fourth-order valence-corrected chi connectivity index (χ4v) is 13.0. The van der Waals surface area contributed by atoms with Gasteiger partial charge in [0.25, 0.3) is 0 Å². The second kappa shape index (κ2) is 57.7. The van der Waals surface area contributed by atoms with Crippen LogP contribution in [0.3, 0.4) is 0 Å². The number of aliphatic carboxylic acids is 1. The molecule has 0 aliphatic heterocycles. The Balaban J connectivity index is 0.000000497. The Morgan fingerprint density at radius 2 is 0.597 bits per heavy atom. The van der Waals surface area contributed by atoms with Crippen LogP contribution in [-0.2, 0) is 86.8 Å². The van der Waals surface area contributed by atoms with Crippen molar-refractivity contribution in [2.24, 2.45) is 34.4 Å². The predicted octanol–water partition coefficient (Wildman–Crippen LogP) is 5.78. The fourth-order valence-electron chi connectivity index (χ4n) is 12.9. The Morgan fingerprint density at radius 3 is 0.856 bits per heavy atom. The Kier molecular flexibility index (Phi) is 49.3. The number of halogens is 2. The minimum absolute atomic E-state index is 0. The smallest absolute Gasteiger partial charge is 0.408 e. The third-order valence-corrected chi connectivity index (χ3v) is 20.8. The van der Waals surface area contributed by atoms with E-state index in [1.165, 1.54) is 62.3 Å². The maximum atomic E-state index is 13.9. The molecule has 15 amide bonds. The Morgan fingerprint density at radius 1 is 0.338 bits per heavy atom. The van der Waals surface area contributed by atoms with E-state index in [9.17, 15) is 81.8 Å². The number of carbonyl (C=O) groups is 16. The lowest BCUT2D eigenvalue weighted by atomic mass is 9.80. The van der Waals surface area contributed by atoms with Gasteiger partial charge in [-0.2, -0.15) is 0 Å². The summed E-state index contributed by atoms with van der Waals surface area (Å²) in [5, 5.41) is 42.2. The molecule has 0 heterocycles. The molecule has 0 aromatic heterocycles. The highest BCUT2D eigenvalue weighted by molar-refractivity contribution is 6.15. The molecule has 2 aliphatic rings. The number of alkyl carbamates (subject to hydrolysis) is 4. The normalized spacial score (nSPS) is 14.0. The van der Waals surface area contributed by atoms with Gasteiger partial charge in [0.05, 0.1) is 18.7 Å². The Hall–Kier alpha value is -14.3. The molecule has 25 N–H and O–H groups in total. The second-order valence-corrected chi connectivity index (χ2v) is 34.3. The summed E-state index contributed by atoms with van der Waals surface area (Å²) in [4.78, 5) is 189. The minimum atomic E-state index is -1.16. The largest absolute Gasteiger partial charge is 0.480 e. The number of amides is 15. The monoisotopic (exact) mass is 1970 g/mol. The first-order chi connectivity index (χ1) is 64.8. The van der Waals surface area contributed by atoms with Crippen LogP contribution in [0.25, 0.3) is 22.3 Å². The highest BCUT2D eigenvalue weighted by atomic mass is 35.5. The van der Waals surface area contributed by atoms with E-state index in [-0.39, 0.29) is 69.4 Å². The van der Waals surface area contributed by atoms with Gasteiger partial charge in [-0.1, -0.05) is 188 Å². The first-order valence-corrected chi connectivity index (χ1v) is 44.4. The van der Waals surface area contributed by atoms with Gasteiger partial charge in [-0.05, 0) is 190 Å². The number of aliphatic hydroxyl groups excluding tert-OH is 1. The third kappa shape index (κ3) is 39.4. The number of hydrogen-bond acceptors (Lipinski definition) is 24. The van der Waals surface area contributed by atoms with Gasteiger partial charge >= 0.3 is 30.3 Å². The van der Waals surface area contributed by atoms with Crippen molar-refractivity contribution < 1.29 is 111 Å². The van der Waals surface area contributed by atoms with Gasteiger partial charge < -0.3 is 121 Å². The quantitative estimate of drug-likeness (QED) is 0.0126. The molecule has 12 unspecified atom stereocenters. The van der Waals surface area contributed by atoms with E-state index in [4.69, 9.17) is 75.0 Å². The van der Waals surface area contributed by atoms with E-state index in [1.807, 2.05) is 176 Å². The van der Waals surface area contributed by atoms with Crippen molar-refractivity contribution in [1.29, 1.82) is 0 Å². The minimum Gasteiger partial charge on any atom is -0.480 e. The van der Waals surface area contributed by atoms with Gasteiger partial charge in [0.1, 0.15) is 90.4 Å². The molecule has 7 aromatic rings. The number of nitrogens with two attached hydrogens (primary N) is 6. The van der Waals surface area contributed by atoms with Crippen molar-refractivity contribution in [2.45, 2.75) is 225 Å². The summed E-state index contributed by atoms with van der Waals surface area (Å²) in [5.41, 5.74) is 39.2. The molecule has 0 saturated heterocycles. The van der Waals surface area contributed by atoms with Crippen molar-refractivity contribution in [3.63, 3.8) is 0 Å². The zero-order valence-electron chi connectivity index (χ0n) is 80.4. The number of benzene rings is 7. The van der Waals surface area contributed by atoms with Gasteiger partial charge in [-0.3, -0.25) is 57.5 Å². The maximum absolute atomic E-state index is 13.9. The van der Waals surface area contributed by atoms with Crippen LogP contribution in [0.1, 0.15) is 174 Å². The van der Waals surface area contributed by atoms with Crippen LogP contribution in [0.15, 0.2) is 188 Å². The van der Waals surface area contributed by atoms with E-state index in [1.54, 1.807) is 48.5 Å². The zero-order chi connectivity index (χ0) is 104. The van der Waals surface area contributed by atoms with Crippen molar-refractivity contribution >= 4 is 120 Å². The number of primary amides is 5. The summed E-state index contributed by atoms with van der Waals surface area (Å²) in [5.74, 6) is -7.94. The lowest BCUT2D eigenvalue weighted by Crippen LogP contribution is -2.55. The summed E-state index contributed by atoms with van der Waals surface area (Å²) in [6, 6.07) is 50.8. The summed E-state index contributed by atoms with van der Waals surface area (Å²) < 4.78 is 28.0. The number of aliphatic hydroxyl groups is 1. The van der Waals surface area contributed by atoms with Crippen molar-refractivity contribution in [1.82, 2.24) is 58.0 Å². The van der Waals surface area contributed by atoms with Crippen LogP contribution in [-0.4, -0.2) is 216 Å². The van der Waals surface area contributed by atoms with Crippen LogP contribution >= 0.6 is 24.2 Å². The van der Waals surface area contributed by atoms with E-state index in [2.05, 4.69) is 70.1 Å². The van der Waals surface area contributed by atoms with Crippen LogP contribution in [0.4, 0.5) is 19.2 Å². The number of hydrogen-bond donors (Lipinski definition) is 19. The molecule has 0 fully saturated rings. The number of carboxylic acid groups (broad SMARTS) is 1. The molecule has 0 spiro atoms. The van der Waals surface area contributed by atoms with E-state index in [0.29, 0.717) is 0 Å². The van der Waals surface area contributed by atoms with Gasteiger partial charge in [0.2, 0.25) is 65.0 Å². The summed E-state index contributed by atoms with van der Waals surface area (Å²) >= 11 is 5.00. The maximum Gasteiger partial charge on any atom is 0.408 e. The van der Waals surface area contributed by atoms with Crippen LogP contribution in [0, 0.1) is 0 Å². The average Bonchev–Trinajstić information content (AvgIpc) is 1.74. The molecule has 2 aliphatic carbocycles. The van der Waals surface area contributed by atoms with Gasteiger partial charge in [0.15, 0.2) is 0 Å². The topological polar surface area (TPSA) is 648 Å². The summed E-state index contributed by atoms with van der Waals surface area (Å²) in [7, 11) is 0. The van der Waals surface area contributed by atoms with Gasteiger partial charge in [0, 0.05) is 24.9 Å². The van der Waals surface area contributed by atoms with Crippen molar-refractivity contribution in [3.8, 4) is 22.3 Å². The van der Waals surface area contributed by atoms with Gasteiger partial charge in [-0.15, -0.1) is 12.4 Å². The average molecular weight is 1970 g/mol. The number of carbonyl (C=O) groups excluding carboxylic acids is 15. The Labute approximate surface area is 818 Å². The zero-order valence-corrected chi connectivity index (χ0v) is 82.0. The summed E-state index contributed by atoms with van der Waals surface area (Å²) in [6.07, 6.45) is -3.09. The lowest BCUT2D eigenvalue weighted by molar-refractivity contribution is -0.139. The third-order valence-electron chi connectivity index (χ3n) is 20.5.